The van der Waals surface area contributed by atoms with E-state index in [9.17, 15) is 4.79 Å². The van der Waals surface area contributed by atoms with Crippen LogP contribution in [0.15, 0.2) is 12.1 Å². The molecule has 1 aromatic carbocycles. The number of hydrogen-bond donors (Lipinski definition) is 0. The first-order valence-corrected chi connectivity index (χ1v) is 5.78. The summed E-state index contributed by atoms with van der Waals surface area (Å²) in [6.45, 7) is 7.00. The van der Waals surface area contributed by atoms with Gasteiger partial charge in [0, 0.05) is 5.92 Å². The van der Waals surface area contributed by atoms with Crippen molar-refractivity contribution in [2.24, 2.45) is 5.92 Å². The summed E-state index contributed by atoms with van der Waals surface area (Å²) in [5.41, 5.74) is 5.35. The van der Waals surface area contributed by atoms with E-state index >= 15 is 0 Å². The van der Waals surface area contributed by atoms with Crippen LogP contribution in [0.5, 0.6) is 0 Å². The third-order valence-electron chi connectivity index (χ3n) is 3.27. The van der Waals surface area contributed by atoms with E-state index in [1.807, 2.05) is 0 Å². The van der Waals surface area contributed by atoms with E-state index < -0.39 is 0 Å². The predicted molar refractivity (Wildman–Crippen MR) is 63.4 cm³/mol. The number of benzene rings is 1. The normalized spacial score (nSPS) is 19.9. The number of rotatable bonds is 2. The van der Waals surface area contributed by atoms with E-state index in [1.54, 1.807) is 0 Å². The van der Waals surface area contributed by atoms with Crippen LogP contribution in [0.1, 0.15) is 28.7 Å². The van der Waals surface area contributed by atoms with E-state index in [4.69, 9.17) is 4.74 Å². The second kappa shape index (κ2) is 4.28. The minimum absolute atomic E-state index is 0.0487. The van der Waals surface area contributed by atoms with Gasteiger partial charge in [-0.2, -0.15) is 0 Å². The minimum atomic E-state index is -0.0487. The lowest BCUT2D eigenvalue weighted by Gasteiger charge is -2.13. The van der Waals surface area contributed by atoms with Gasteiger partial charge >= 0.3 is 5.97 Å². The molecule has 1 aromatic rings. The Labute approximate surface area is 96.6 Å². The minimum Gasteiger partial charge on any atom is -0.465 e. The van der Waals surface area contributed by atoms with Gasteiger partial charge in [0.15, 0.2) is 0 Å². The largest absolute Gasteiger partial charge is 0.465 e. The van der Waals surface area contributed by atoms with Crippen molar-refractivity contribution in [2.45, 2.75) is 33.6 Å². The molecular weight excluding hydrogens is 200 g/mol. The van der Waals surface area contributed by atoms with Crippen LogP contribution in [0.2, 0.25) is 0 Å². The highest BCUT2D eigenvalue weighted by Gasteiger charge is 2.24. The lowest BCUT2D eigenvalue weighted by Crippen LogP contribution is -2.07. The van der Waals surface area contributed by atoms with Crippen LogP contribution in [0.3, 0.4) is 0 Å². The summed E-state index contributed by atoms with van der Waals surface area (Å²) >= 11 is 0. The van der Waals surface area contributed by atoms with Crippen molar-refractivity contribution < 1.29 is 9.53 Å². The summed E-state index contributed by atoms with van der Waals surface area (Å²) < 4.78 is 5.00. The van der Waals surface area contributed by atoms with Crippen LogP contribution in [-0.4, -0.2) is 12.6 Å². The molecule has 2 heteroatoms. The first-order valence-electron chi connectivity index (χ1n) is 5.78. The molecule has 1 aliphatic rings. The molecule has 0 aliphatic carbocycles. The number of carbonyl (C=O) groups is 1. The fourth-order valence-electron chi connectivity index (χ4n) is 2.52. The number of hydrogen-bond acceptors (Lipinski definition) is 2. The summed E-state index contributed by atoms with van der Waals surface area (Å²) in [6, 6.07) is 4.42. The van der Waals surface area contributed by atoms with E-state index in [2.05, 4.69) is 32.9 Å². The molecule has 0 saturated carbocycles. The van der Waals surface area contributed by atoms with Gasteiger partial charge in [0.05, 0.1) is 13.0 Å². The molecule has 1 heterocycles. The van der Waals surface area contributed by atoms with Gasteiger partial charge in [-0.3, -0.25) is 4.79 Å². The Kier molecular flexibility index (Phi) is 2.99. The fourth-order valence-corrected chi connectivity index (χ4v) is 2.52. The molecule has 0 spiro atoms. The molecule has 0 N–H and O–H groups in total. The monoisotopic (exact) mass is 218 g/mol. The summed E-state index contributed by atoms with van der Waals surface area (Å²) in [6.07, 6.45) is 1.54. The van der Waals surface area contributed by atoms with Gasteiger partial charge in [0.2, 0.25) is 0 Å². The molecule has 86 valence electrons. The van der Waals surface area contributed by atoms with Crippen molar-refractivity contribution >= 4 is 5.97 Å². The highest BCUT2D eigenvalue weighted by atomic mass is 16.5. The molecule has 0 aromatic heterocycles. The molecule has 1 saturated heterocycles. The molecule has 0 bridgehead atoms. The molecule has 16 heavy (non-hydrogen) atoms. The number of esters is 1. The highest BCUT2D eigenvalue weighted by molar-refractivity contribution is 5.71. The first-order chi connectivity index (χ1) is 7.56. The summed E-state index contributed by atoms with van der Waals surface area (Å²) in [7, 11) is 0. The second-order valence-corrected chi connectivity index (χ2v) is 4.83. The van der Waals surface area contributed by atoms with Crippen LogP contribution in [0.25, 0.3) is 0 Å². The Bertz CT molecular complexity index is 398. The van der Waals surface area contributed by atoms with Crippen LogP contribution in [0, 0.1) is 26.7 Å². The smallest absolute Gasteiger partial charge is 0.306 e. The topological polar surface area (TPSA) is 26.3 Å². The third kappa shape index (κ3) is 2.26. The lowest BCUT2D eigenvalue weighted by molar-refractivity contribution is -0.137. The Morgan fingerprint density at radius 3 is 2.38 bits per heavy atom. The van der Waals surface area contributed by atoms with Gasteiger partial charge in [-0.15, -0.1) is 0 Å². The number of aryl methyl sites for hydroxylation is 3. The van der Waals surface area contributed by atoms with Crippen LogP contribution >= 0.6 is 0 Å². The van der Waals surface area contributed by atoms with Crippen molar-refractivity contribution in [1.82, 2.24) is 0 Å². The van der Waals surface area contributed by atoms with Gasteiger partial charge in [-0.25, -0.2) is 0 Å². The number of carbonyl (C=O) groups excluding carboxylic acids is 1. The van der Waals surface area contributed by atoms with Gasteiger partial charge in [0.1, 0.15) is 0 Å². The maximum atomic E-state index is 11.0. The van der Waals surface area contributed by atoms with Crippen molar-refractivity contribution in [2.75, 3.05) is 6.61 Å². The zero-order chi connectivity index (χ0) is 11.7. The molecule has 1 aliphatic heterocycles. The average molecular weight is 218 g/mol. The highest BCUT2D eigenvalue weighted by Crippen LogP contribution is 2.24. The van der Waals surface area contributed by atoms with E-state index in [0.717, 1.165) is 6.42 Å². The predicted octanol–water partition coefficient (Wildman–Crippen LogP) is 2.72. The Balaban J connectivity index is 2.18. The van der Waals surface area contributed by atoms with Crippen LogP contribution in [-0.2, 0) is 16.0 Å². The Morgan fingerprint density at radius 2 is 1.88 bits per heavy atom. The molecule has 0 unspecified atom stereocenters. The summed E-state index contributed by atoms with van der Waals surface area (Å²) in [5, 5.41) is 0. The Morgan fingerprint density at radius 1 is 1.25 bits per heavy atom. The standard InChI is InChI=1S/C14H18O2/c1-9-4-10(2)13(11(3)5-9)6-12-7-14(15)16-8-12/h4-5,12H,6-8H2,1-3H3/t12-/m0/s1. The quantitative estimate of drug-likeness (QED) is 0.713. The molecule has 2 nitrogen and oxygen atoms in total. The molecule has 0 amide bonds. The number of cyclic esters (lactones) is 1. The number of ether oxygens (including phenoxy) is 1. The molecule has 1 atom stereocenters. The molecule has 0 radical (unpaired) electrons. The summed E-state index contributed by atoms with van der Waals surface area (Å²) in [4.78, 5) is 11.0. The van der Waals surface area contributed by atoms with E-state index in [1.165, 1.54) is 22.3 Å². The SMILES string of the molecule is Cc1cc(C)c(C[C@@H]2COC(=O)C2)c(C)c1. The fraction of sp³-hybridized carbons (Fsp3) is 0.500. The Hall–Kier alpha value is -1.31. The zero-order valence-corrected chi connectivity index (χ0v) is 10.2. The average Bonchev–Trinajstić information content (AvgIpc) is 2.58. The maximum Gasteiger partial charge on any atom is 0.306 e. The van der Waals surface area contributed by atoms with Crippen molar-refractivity contribution in [1.29, 1.82) is 0 Å². The summed E-state index contributed by atoms with van der Waals surface area (Å²) in [5.74, 6) is 0.319. The van der Waals surface area contributed by atoms with Gasteiger partial charge < -0.3 is 4.74 Å². The van der Waals surface area contributed by atoms with E-state index in [0.29, 0.717) is 18.9 Å². The molecule has 1 fully saturated rings. The van der Waals surface area contributed by atoms with Gasteiger partial charge in [-0.1, -0.05) is 17.7 Å². The second-order valence-electron chi connectivity index (χ2n) is 4.83. The maximum absolute atomic E-state index is 11.0. The van der Waals surface area contributed by atoms with Crippen molar-refractivity contribution in [3.63, 3.8) is 0 Å². The van der Waals surface area contributed by atoms with Crippen molar-refractivity contribution in [3.05, 3.63) is 34.4 Å². The third-order valence-corrected chi connectivity index (χ3v) is 3.27. The van der Waals surface area contributed by atoms with Crippen LogP contribution in [0.4, 0.5) is 0 Å². The van der Waals surface area contributed by atoms with Crippen molar-refractivity contribution in [3.8, 4) is 0 Å². The zero-order valence-electron chi connectivity index (χ0n) is 10.2. The first kappa shape index (κ1) is 11.2. The molecule has 2 rings (SSSR count). The molecular formula is C14H18O2. The van der Waals surface area contributed by atoms with Gasteiger partial charge in [0.25, 0.3) is 0 Å². The van der Waals surface area contributed by atoms with Gasteiger partial charge in [-0.05, 0) is 43.9 Å². The van der Waals surface area contributed by atoms with Crippen LogP contribution < -0.4 is 0 Å². The lowest BCUT2D eigenvalue weighted by atomic mass is 9.91. The van der Waals surface area contributed by atoms with E-state index in [-0.39, 0.29) is 5.97 Å².